The lowest BCUT2D eigenvalue weighted by atomic mass is 10.1. The molecule has 0 fully saturated rings. The summed E-state index contributed by atoms with van der Waals surface area (Å²) in [5, 5.41) is 12.3. The molecular weight excluding hydrogens is 312 g/mol. The number of fused-ring (bicyclic) bond motifs is 1. The van der Waals surface area contributed by atoms with Crippen molar-refractivity contribution in [1.82, 2.24) is 24.4 Å². The zero-order chi connectivity index (χ0) is 17.2. The van der Waals surface area contributed by atoms with E-state index >= 15 is 0 Å². The topological polar surface area (TPSA) is 60.0 Å². The first-order valence-corrected chi connectivity index (χ1v) is 8.31. The molecule has 3 heterocycles. The van der Waals surface area contributed by atoms with Gasteiger partial charge in [-0.3, -0.25) is 4.68 Å². The molecule has 0 atom stereocenters. The Morgan fingerprint density at radius 2 is 1.84 bits per heavy atom. The number of nitrogens with one attached hydrogen (secondary N) is 1. The summed E-state index contributed by atoms with van der Waals surface area (Å²) < 4.78 is 3.79. The number of hydrogen-bond donors (Lipinski definition) is 1. The lowest BCUT2D eigenvalue weighted by molar-refractivity contribution is 0.682. The van der Waals surface area contributed by atoms with Crippen LogP contribution < -0.4 is 5.32 Å². The maximum atomic E-state index is 4.53. The molecule has 126 valence electrons. The fraction of sp³-hybridized carbons (Fsp3) is 0.211. The van der Waals surface area contributed by atoms with Crippen molar-refractivity contribution in [2.24, 2.45) is 0 Å². The van der Waals surface area contributed by atoms with Gasteiger partial charge in [0.1, 0.15) is 5.82 Å². The average Bonchev–Trinajstić information content (AvgIpc) is 3.22. The van der Waals surface area contributed by atoms with Crippen LogP contribution >= 0.6 is 0 Å². The van der Waals surface area contributed by atoms with E-state index < -0.39 is 0 Å². The monoisotopic (exact) mass is 332 g/mol. The Morgan fingerprint density at radius 3 is 2.64 bits per heavy atom. The molecule has 0 aliphatic carbocycles. The molecule has 0 aliphatic heterocycles. The molecule has 25 heavy (non-hydrogen) atoms. The van der Waals surface area contributed by atoms with Gasteiger partial charge >= 0.3 is 0 Å². The van der Waals surface area contributed by atoms with E-state index in [0.29, 0.717) is 0 Å². The third-order valence-corrected chi connectivity index (χ3v) is 4.15. The number of anilines is 1. The Kier molecular flexibility index (Phi) is 3.93. The van der Waals surface area contributed by atoms with Gasteiger partial charge in [0.05, 0.1) is 12.2 Å². The summed E-state index contributed by atoms with van der Waals surface area (Å²) >= 11 is 0. The van der Waals surface area contributed by atoms with Crippen molar-refractivity contribution >= 4 is 11.5 Å². The first kappa shape index (κ1) is 15.4. The third-order valence-electron chi connectivity index (χ3n) is 4.15. The van der Waals surface area contributed by atoms with Gasteiger partial charge in [-0.2, -0.15) is 14.7 Å². The Labute approximate surface area is 146 Å². The van der Waals surface area contributed by atoms with Crippen LogP contribution in [0.4, 0.5) is 5.82 Å². The largest absolute Gasteiger partial charge is 0.366 e. The van der Waals surface area contributed by atoms with Crippen LogP contribution in [0.5, 0.6) is 0 Å². The van der Waals surface area contributed by atoms with Crippen molar-refractivity contribution in [2.75, 3.05) is 5.32 Å². The van der Waals surface area contributed by atoms with Crippen LogP contribution in [0.2, 0.25) is 0 Å². The third kappa shape index (κ3) is 3.24. The van der Waals surface area contributed by atoms with Gasteiger partial charge in [-0.1, -0.05) is 24.3 Å². The summed E-state index contributed by atoms with van der Waals surface area (Å²) in [6, 6.07) is 14.4. The minimum atomic E-state index is 0.717. The van der Waals surface area contributed by atoms with Crippen LogP contribution in [0.25, 0.3) is 5.65 Å². The van der Waals surface area contributed by atoms with E-state index in [9.17, 15) is 0 Å². The molecular formula is C19H20N6. The fourth-order valence-corrected chi connectivity index (χ4v) is 2.98. The minimum absolute atomic E-state index is 0.717. The highest BCUT2D eigenvalue weighted by molar-refractivity contribution is 5.50. The van der Waals surface area contributed by atoms with Gasteiger partial charge in [0.25, 0.3) is 0 Å². The number of benzene rings is 1. The van der Waals surface area contributed by atoms with Gasteiger partial charge in [-0.25, -0.2) is 4.98 Å². The van der Waals surface area contributed by atoms with Gasteiger partial charge in [0.15, 0.2) is 5.65 Å². The molecule has 0 amide bonds. The van der Waals surface area contributed by atoms with Crippen LogP contribution in [0.1, 0.15) is 22.5 Å². The number of nitrogens with zero attached hydrogens (tertiary/aromatic N) is 5. The van der Waals surface area contributed by atoms with Crippen LogP contribution in [-0.2, 0) is 13.1 Å². The quantitative estimate of drug-likeness (QED) is 0.610. The van der Waals surface area contributed by atoms with Crippen molar-refractivity contribution in [1.29, 1.82) is 0 Å². The Hall–Kier alpha value is -3.15. The van der Waals surface area contributed by atoms with Crippen LogP contribution in [-0.4, -0.2) is 24.4 Å². The van der Waals surface area contributed by atoms with E-state index in [1.165, 1.54) is 11.1 Å². The fourth-order valence-electron chi connectivity index (χ4n) is 2.98. The van der Waals surface area contributed by atoms with E-state index in [1.807, 2.05) is 47.4 Å². The average molecular weight is 332 g/mol. The van der Waals surface area contributed by atoms with Crippen LogP contribution in [0, 0.1) is 13.8 Å². The normalized spacial score (nSPS) is 11.1. The second-order valence-corrected chi connectivity index (χ2v) is 6.16. The van der Waals surface area contributed by atoms with E-state index in [2.05, 4.69) is 44.8 Å². The van der Waals surface area contributed by atoms with E-state index in [1.54, 1.807) is 6.20 Å². The lowest BCUT2D eigenvalue weighted by Gasteiger charge is -2.13. The van der Waals surface area contributed by atoms with E-state index in [0.717, 1.165) is 35.9 Å². The van der Waals surface area contributed by atoms with Gasteiger partial charge in [-0.15, -0.1) is 0 Å². The van der Waals surface area contributed by atoms with Crippen LogP contribution in [0.15, 0.2) is 54.9 Å². The van der Waals surface area contributed by atoms with Gasteiger partial charge in [-0.05, 0) is 31.0 Å². The summed E-state index contributed by atoms with van der Waals surface area (Å²) in [7, 11) is 0. The van der Waals surface area contributed by atoms with E-state index in [4.69, 9.17) is 0 Å². The molecule has 6 nitrogen and oxygen atoms in total. The predicted octanol–water partition coefficient (Wildman–Crippen LogP) is 3.20. The molecule has 0 radical (unpaired) electrons. The maximum Gasteiger partial charge on any atom is 0.157 e. The highest BCUT2D eigenvalue weighted by Crippen LogP contribution is 2.17. The minimum Gasteiger partial charge on any atom is -0.366 e. The molecule has 1 N–H and O–H groups in total. The summed E-state index contributed by atoms with van der Waals surface area (Å²) in [4.78, 5) is 4.53. The number of aromatic nitrogens is 5. The lowest BCUT2D eigenvalue weighted by Crippen LogP contribution is -2.10. The Morgan fingerprint density at radius 1 is 1.00 bits per heavy atom. The second kappa shape index (κ2) is 6.39. The molecule has 0 saturated carbocycles. The molecule has 0 bridgehead atoms. The number of hydrogen-bond acceptors (Lipinski definition) is 4. The SMILES string of the molecule is Cc1cc(NCc2ccccc2Cn2cccn2)n2nc(C)cc2n1. The molecule has 0 aliphatic rings. The van der Waals surface area contributed by atoms with Crippen molar-refractivity contribution in [3.05, 3.63) is 77.4 Å². The molecule has 1 aromatic carbocycles. The molecule has 0 unspecified atom stereocenters. The zero-order valence-corrected chi connectivity index (χ0v) is 14.3. The Bertz CT molecular complexity index is 1000. The molecule has 3 aromatic heterocycles. The molecule has 0 spiro atoms. The van der Waals surface area contributed by atoms with Gasteiger partial charge in [0.2, 0.25) is 0 Å². The summed E-state index contributed by atoms with van der Waals surface area (Å²) in [5.41, 5.74) is 5.28. The standard InChI is InChI=1S/C19H20N6/c1-14-10-18(25-19(22-14)11-15(2)23-25)20-12-16-6-3-4-7-17(16)13-24-9-5-8-21-24/h3-11,20H,12-13H2,1-2H3. The predicted molar refractivity (Wildman–Crippen MR) is 97.6 cm³/mol. The van der Waals surface area contributed by atoms with Crippen molar-refractivity contribution in [3.8, 4) is 0 Å². The summed E-state index contributed by atoms with van der Waals surface area (Å²) in [6.07, 6.45) is 3.78. The second-order valence-electron chi connectivity index (χ2n) is 6.16. The molecule has 0 saturated heterocycles. The number of rotatable bonds is 5. The first-order valence-electron chi connectivity index (χ1n) is 8.31. The maximum absolute atomic E-state index is 4.53. The zero-order valence-electron chi connectivity index (χ0n) is 14.3. The highest BCUT2D eigenvalue weighted by Gasteiger charge is 2.08. The Balaban J connectivity index is 1.60. The molecule has 4 aromatic rings. The first-order chi connectivity index (χ1) is 12.2. The van der Waals surface area contributed by atoms with E-state index in [-0.39, 0.29) is 0 Å². The summed E-state index contributed by atoms with van der Waals surface area (Å²) in [5.74, 6) is 0.949. The van der Waals surface area contributed by atoms with Crippen LogP contribution in [0.3, 0.4) is 0 Å². The van der Waals surface area contributed by atoms with Crippen molar-refractivity contribution in [3.63, 3.8) is 0 Å². The van der Waals surface area contributed by atoms with Gasteiger partial charge < -0.3 is 5.32 Å². The number of aryl methyl sites for hydroxylation is 2. The molecule has 6 heteroatoms. The van der Waals surface area contributed by atoms with Crippen molar-refractivity contribution in [2.45, 2.75) is 26.9 Å². The van der Waals surface area contributed by atoms with Gasteiger partial charge in [0, 0.05) is 36.8 Å². The summed E-state index contributed by atoms with van der Waals surface area (Å²) in [6.45, 7) is 5.46. The highest BCUT2D eigenvalue weighted by atomic mass is 15.3. The smallest absolute Gasteiger partial charge is 0.157 e. The molecule has 4 rings (SSSR count). The van der Waals surface area contributed by atoms with Crippen molar-refractivity contribution < 1.29 is 0 Å².